The molecule has 2 aromatic rings. The predicted molar refractivity (Wildman–Crippen MR) is 83.5 cm³/mol. The summed E-state index contributed by atoms with van der Waals surface area (Å²) >= 11 is 0.940. The summed E-state index contributed by atoms with van der Waals surface area (Å²) in [6.07, 6.45) is 5.18. The summed E-state index contributed by atoms with van der Waals surface area (Å²) in [6, 6.07) is 7.79. The molecule has 1 aromatic heterocycles. The van der Waals surface area contributed by atoms with Gasteiger partial charge in [0.05, 0.1) is 4.91 Å². The molecule has 0 radical (unpaired) electrons. The summed E-state index contributed by atoms with van der Waals surface area (Å²) in [5.41, 5.74) is 6.25. The molecule has 0 unspecified atom stereocenters. The third-order valence-electron chi connectivity index (χ3n) is 3.21. The Morgan fingerprint density at radius 2 is 2.05 bits per heavy atom. The number of nitrogens with zero attached hydrogens (tertiary/aromatic N) is 2. The van der Waals surface area contributed by atoms with Crippen LogP contribution in [0.1, 0.15) is 5.56 Å². The second-order valence-electron chi connectivity index (χ2n) is 4.57. The standard InChI is InChI=1S/C15H13N3O2S/c16-5-6-18-14(19)13(21-15(18)20)7-11-9-17-8-10-3-1-2-4-12(10)11/h1-4,7-9H,5-6,16H2/b13-7+. The van der Waals surface area contributed by atoms with Crippen molar-refractivity contribution in [3.8, 4) is 0 Å². The number of rotatable bonds is 3. The van der Waals surface area contributed by atoms with Crippen molar-refractivity contribution in [3.05, 3.63) is 47.1 Å². The maximum Gasteiger partial charge on any atom is 0.293 e. The minimum absolute atomic E-state index is 0.246. The van der Waals surface area contributed by atoms with Crippen molar-refractivity contribution in [1.29, 1.82) is 0 Å². The number of pyridine rings is 1. The third kappa shape index (κ3) is 2.55. The largest absolute Gasteiger partial charge is 0.329 e. The number of imide groups is 1. The number of benzene rings is 1. The van der Waals surface area contributed by atoms with Crippen molar-refractivity contribution < 1.29 is 9.59 Å². The summed E-state index contributed by atoms with van der Waals surface area (Å²) in [6.45, 7) is 0.511. The number of thioether (sulfide) groups is 1. The molecule has 2 heterocycles. The van der Waals surface area contributed by atoms with Gasteiger partial charge in [0.2, 0.25) is 0 Å². The van der Waals surface area contributed by atoms with Gasteiger partial charge in [-0.3, -0.25) is 19.5 Å². The van der Waals surface area contributed by atoms with Crippen LogP contribution >= 0.6 is 11.8 Å². The fourth-order valence-electron chi connectivity index (χ4n) is 2.22. The van der Waals surface area contributed by atoms with Gasteiger partial charge in [-0.15, -0.1) is 0 Å². The second-order valence-corrected chi connectivity index (χ2v) is 5.57. The highest BCUT2D eigenvalue weighted by Gasteiger charge is 2.34. The molecule has 1 aliphatic heterocycles. The molecular formula is C15H13N3O2S. The molecule has 21 heavy (non-hydrogen) atoms. The van der Waals surface area contributed by atoms with Crippen LogP contribution in [0.4, 0.5) is 4.79 Å². The smallest absolute Gasteiger partial charge is 0.293 e. The van der Waals surface area contributed by atoms with Gasteiger partial charge in [-0.05, 0) is 23.2 Å². The minimum atomic E-state index is -0.289. The molecule has 5 nitrogen and oxygen atoms in total. The molecule has 2 N–H and O–H groups in total. The van der Waals surface area contributed by atoms with Crippen LogP contribution < -0.4 is 5.73 Å². The lowest BCUT2D eigenvalue weighted by Crippen LogP contribution is -2.33. The Bertz CT molecular complexity index is 752. The summed E-state index contributed by atoms with van der Waals surface area (Å²) < 4.78 is 0. The molecule has 0 bridgehead atoms. The van der Waals surface area contributed by atoms with Gasteiger partial charge in [0, 0.05) is 36.4 Å². The van der Waals surface area contributed by atoms with Crippen LogP contribution in [0.5, 0.6) is 0 Å². The van der Waals surface area contributed by atoms with Gasteiger partial charge in [-0.2, -0.15) is 0 Å². The molecule has 1 aliphatic rings. The fourth-order valence-corrected chi connectivity index (χ4v) is 3.07. The average Bonchev–Trinajstić information content (AvgIpc) is 2.76. The van der Waals surface area contributed by atoms with E-state index in [0.29, 0.717) is 4.91 Å². The van der Waals surface area contributed by atoms with E-state index in [2.05, 4.69) is 4.98 Å². The van der Waals surface area contributed by atoms with Crippen molar-refractivity contribution in [2.24, 2.45) is 5.73 Å². The third-order valence-corrected chi connectivity index (χ3v) is 4.12. The molecule has 0 spiro atoms. The van der Waals surface area contributed by atoms with Gasteiger partial charge < -0.3 is 5.73 Å². The van der Waals surface area contributed by atoms with Crippen molar-refractivity contribution in [3.63, 3.8) is 0 Å². The van der Waals surface area contributed by atoms with Crippen LogP contribution in [-0.2, 0) is 4.79 Å². The van der Waals surface area contributed by atoms with E-state index in [1.165, 1.54) is 4.90 Å². The second kappa shape index (κ2) is 5.67. The molecule has 1 fully saturated rings. The fraction of sp³-hybridized carbons (Fsp3) is 0.133. The first-order valence-electron chi connectivity index (χ1n) is 6.49. The van der Waals surface area contributed by atoms with E-state index in [1.807, 2.05) is 24.3 Å². The van der Waals surface area contributed by atoms with Gasteiger partial charge in [-0.25, -0.2) is 0 Å². The highest BCUT2D eigenvalue weighted by molar-refractivity contribution is 8.18. The number of nitrogens with two attached hydrogens (primary N) is 1. The van der Waals surface area contributed by atoms with Crippen molar-refractivity contribution in [2.45, 2.75) is 0 Å². The summed E-state index contributed by atoms with van der Waals surface area (Å²) in [7, 11) is 0. The highest BCUT2D eigenvalue weighted by atomic mass is 32.2. The first-order valence-corrected chi connectivity index (χ1v) is 7.30. The molecule has 0 saturated carbocycles. The Morgan fingerprint density at radius 1 is 1.24 bits per heavy atom. The van der Waals surface area contributed by atoms with E-state index in [4.69, 9.17) is 5.73 Å². The maximum atomic E-state index is 12.2. The summed E-state index contributed by atoms with van der Waals surface area (Å²) in [5, 5.41) is 1.72. The topological polar surface area (TPSA) is 76.3 Å². The zero-order valence-electron chi connectivity index (χ0n) is 11.2. The zero-order chi connectivity index (χ0) is 14.8. The first kappa shape index (κ1) is 13.8. The minimum Gasteiger partial charge on any atom is -0.329 e. The normalized spacial score (nSPS) is 17.2. The molecule has 0 aliphatic carbocycles. The molecule has 3 rings (SSSR count). The Morgan fingerprint density at radius 3 is 2.86 bits per heavy atom. The van der Waals surface area contributed by atoms with Gasteiger partial charge in [0.25, 0.3) is 11.1 Å². The first-order chi connectivity index (χ1) is 10.2. The van der Waals surface area contributed by atoms with Crippen molar-refractivity contribution >= 4 is 39.8 Å². The lowest BCUT2D eigenvalue weighted by atomic mass is 10.1. The number of amides is 2. The van der Waals surface area contributed by atoms with Crippen LogP contribution in [0.3, 0.4) is 0 Å². The van der Waals surface area contributed by atoms with E-state index >= 15 is 0 Å². The Balaban J connectivity index is 2.01. The quantitative estimate of drug-likeness (QED) is 0.880. The molecule has 106 valence electrons. The number of hydrogen-bond acceptors (Lipinski definition) is 5. The highest BCUT2D eigenvalue weighted by Crippen LogP contribution is 2.32. The molecule has 6 heteroatoms. The van der Waals surface area contributed by atoms with E-state index in [-0.39, 0.29) is 24.2 Å². The lowest BCUT2D eigenvalue weighted by molar-refractivity contribution is -0.122. The lowest BCUT2D eigenvalue weighted by Gasteiger charge is -2.09. The van der Waals surface area contributed by atoms with Gasteiger partial charge in [-0.1, -0.05) is 24.3 Å². The van der Waals surface area contributed by atoms with Gasteiger partial charge in [0.15, 0.2) is 0 Å². The number of fused-ring (bicyclic) bond motifs is 1. The van der Waals surface area contributed by atoms with E-state index in [9.17, 15) is 9.59 Å². The molecule has 1 saturated heterocycles. The van der Waals surface area contributed by atoms with Crippen LogP contribution in [0.2, 0.25) is 0 Å². The predicted octanol–water partition coefficient (Wildman–Crippen LogP) is 2.23. The van der Waals surface area contributed by atoms with Crippen molar-refractivity contribution in [1.82, 2.24) is 9.88 Å². The Kier molecular flexibility index (Phi) is 3.72. The number of hydrogen-bond donors (Lipinski definition) is 1. The summed E-state index contributed by atoms with van der Waals surface area (Å²) in [5.74, 6) is -0.289. The average molecular weight is 299 g/mol. The van der Waals surface area contributed by atoms with Crippen LogP contribution in [0.15, 0.2) is 41.6 Å². The Labute approximate surface area is 125 Å². The van der Waals surface area contributed by atoms with E-state index < -0.39 is 0 Å². The van der Waals surface area contributed by atoms with Crippen LogP contribution in [-0.4, -0.2) is 34.1 Å². The number of aromatic nitrogens is 1. The van der Waals surface area contributed by atoms with E-state index in [1.54, 1.807) is 18.5 Å². The molecule has 2 amide bonds. The van der Waals surface area contributed by atoms with Crippen LogP contribution in [0.25, 0.3) is 16.8 Å². The van der Waals surface area contributed by atoms with Gasteiger partial charge in [0.1, 0.15) is 0 Å². The number of carbonyl (C=O) groups excluding carboxylic acids is 2. The molecular weight excluding hydrogens is 286 g/mol. The Hall–Kier alpha value is -2.18. The maximum absolute atomic E-state index is 12.2. The molecule has 1 aromatic carbocycles. The zero-order valence-corrected chi connectivity index (χ0v) is 12.0. The van der Waals surface area contributed by atoms with Crippen molar-refractivity contribution in [2.75, 3.05) is 13.1 Å². The molecule has 0 atom stereocenters. The van der Waals surface area contributed by atoms with Crippen LogP contribution in [0, 0.1) is 0 Å². The van der Waals surface area contributed by atoms with Gasteiger partial charge >= 0.3 is 0 Å². The SMILES string of the molecule is NCCN1C(=O)S/C(=C/c2cncc3ccccc23)C1=O. The van der Waals surface area contributed by atoms with E-state index in [0.717, 1.165) is 28.1 Å². The summed E-state index contributed by atoms with van der Waals surface area (Å²) in [4.78, 5) is 29.7. The monoisotopic (exact) mass is 299 g/mol. The number of carbonyl (C=O) groups is 2.